The first kappa shape index (κ1) is 20.9. The quantitative estimate of drug-likeness (QED) is 0.528. The molecule has 3 heterocycles. The van der Waals surface area contributed by atoms with Gasteiger partial charge in [-0.05, 0) is 25.8 Å². The Morgan fingerprint density at radius 2 is 1.93 bits per heavy atom. The summed E-state index contributed by atoms with van der Waals surface area (Å²) in [6, 6.07) is 0. The molecule has 0 N–H and O–H groups in total. The molecule has 6 nitrogen and oxygen atoms in total. The number of carbonyl (C=O) groups excluding carboxylic acids is 1. The Kier molecular flexibility index (Phi) is 6.68. The van der Waals surface area contributed by atoms with Crippen LogP contribution in [0.4, 0.5) is 0 Å². The second-order valence-corrected chi connectivity index (χ2v) is 11.4. The molecule has 0 bridgehead atoms. The van der Waals surface area contributed by atoms with Crippen molar-refractivity contribution in [3.8, 4) is 0 Å². The lowest BCUT2D eigenvalue weighted by Gasteiger charge is -2.26. The molecule has 0 aromatic carbocycles. The first-order chi connectivity index (χ1) is 12.8. The minimum atomic E-state index is -3.68. The highest BCUT2D eigenvalue weighted by molar-refractivity contribution is 7.99. The predicted molar refractivity (Wildman–Crippen MR) is 110 cm³/mol. The predicted octanol–water partition coefficient (Wildman–Crippen LogP) is 2.60. The molecule has 0 spiro atoms. The molecule has 150 valence electrons. The van der Waals surface area contributed by atoms with Gasteiger partial charge < -0.3 is 4.74 Å². The van der Waals surface area contributed by atoms with Crippen molar-refractivity contribution in [1.29, 1.82) is 0 Å². The molecule has 0 saturated carbocycles. The molecule has 0 unspecified atom stereocenters. The van der Waals surface area contributed by atoms with Crippen LogP contribution in [0.25, 0.3) is 0 Å². The molecule has 0 amide bonds. The molecule has 1 fully saturated rings. The van der Waals surface area contributed by atoms with Crippen molar-refractivity contribution < 1.29 is 17.9 Å². The van der Waals surface area contributed by atoms with E-state index < -0.39 is 16.0 Å². The highest BCUT2D eigenvalue weighted by Crippen LogP contribution is 2.38. The number of hydrogen-bond acceptors (Lipinski definition) is 7. The van der Waals surface area contributed by atoms with Crippen LogP contribution in [-0.4, -0.2) is 68.4 Å². The van der Waals surface area contributed by atoms with E-state index in [-0.39, 0.29) is 9.77 Å². The number of hydrogen-bond donors (Lipinski definition) is 0. The molecule has 1 aromatic heterocycles. The number of esters is 1. The van der Waals surface area contributed by atoms with Gasteiger partial charge in [0.25, 0.3) is 10.0 Å². The maximum Gasteiger partial charge on any atom is 0.340 e. The smallest absolute Gasteiger partial charge is 0.340 e. The Morgan fingerprint density at radius 3 is 2.56 bits per heavy atom. The standard InChI is InChI=1S/C18H26N2O4S3/c1-13(2)4-6-19-7-5-14-15(12-19)26-18(16(14)17(21)24-3)27(22,23)20-8-10-25-11-9-20/h4H,5-12H2,1-3H3. The first-order valence-electron chi connectivity index (χ1n) is 9.01. The lowest BCUT2D eigenvalue weighted by molar-refractivity contribution is 0.0595. The van der Waals surface area contributed by atoms with Gasteiger partial charge in [-0.15, -0.1) is 11.3 Å². The molecule has 2 aliphatic rings. The molecule has 0 aliphatic carbocycles. The monoisotopic (exact) mass is 430 g/mol. The maximum absolute atomic E-state index is 13.2. The fourth-order valence-electron chi connectivity index (χ4n) is 3.29. The number of rotatable bonds is 5. The van der Waals surface area contributed by atoms with Crippen molar-refractivity contribution in [2.24, 2.45) is 0 Å². The minimum absolute atomic E-state index is 0.162. The van der Waals surface area contributed by atoms with E-state index in [2.05, 4.69) is 24.8 Å². The number of fused-ring (bicyclic) bond motifs is 1. The van der Waals surface area contributed by atoms with Gasteiger partial charge in [0, 0.05) is 49.1 Å². The van der Waals surface area contributed by atoms with Crippen LogP contribution in [0.2, 0.25) is 0 Å². The summed E-state index contributed by atoms with van der Waals surface area (Å²) < 4.78 is 33.1. The summed E-state index contributed by atoms with van der Waals surface area (Å²) in [7, 11) is -2.37. The van der Waals surface area contributed by atoms with Gasteiger partial charge in [0.05, 0.1) is 12.7 Å². The first-order valence-corrected chi connectivity index (χ1v) is 12.4. The van der Waals surface area contributed by atoms with E-state index in [1.54, 1.807) is 11.8 Å². The van der Waals surface area contributed by atoms with Gasteiger partial charge in [-0.1, -0.05) is 11.6 Å². The topological polar surface area (TPSA) is 66.9 Å². The van der Waals surface area contributed by atoms with Crippen LogP contribution >= 0.6 is 23.1 Å². The summed E-state index contributed by atoms with van der Waals surface area (Å²) in [5.74, 6) is 1.03. The Balaban J connectivity index is 1.98. The van der Waals surface area contributed by atoms with Crippen molar-refractivity contribution in [2.45, 2.75) is 31.0 Å². The van der Waals surface area contributed by atoms with Gasteiger partial charge in [-0.3, -0.25) is 4.90 Å². The number of thiophene rings is 1. The Hall–Kier alpha value is -0.870. The number of carbonyl (C=O) groups is 1. The SMILES string of the molecule is COC(=O)c1c(S(=O)(=O)N2CCSCC2)sc2c1CCN(CC=C(C)C)C2. The highest BCUT2D eigenvalue weighted by atomic mass is 32.2. The van der Waals surface area contributed by atoms with Crippen LogP contribution in [-0.2, 0) is 27.7 Å². The van der Waals surface area contributed by atoms with Crippen LogP contribution in [0.5, 0.6) is 0 Å². The van der Waals surface area contributed by atoms with E-state index in [0.717, 1.165) is 35.0 Å². The molecule has 27 heavy (non-hydrogen) atoms. The molecule has 9 heteroatoms. The minimum Gasteiger partial charge on any atom is -0.465 e. The summed E-state index contributed by atoms with van der Waals surface area (Å²) in [6.07, 6.45) is 2.83. The third kappa shape index (κ3) is 4.42. The zero-order valence-corrected chi connectivity index (χ0v) is 18.4. The van der Waals surface area contributed by atoms with Gasteiger partial charge >= 0.3 is 5.97 Å². The van der Waals surface area contributed by atoms with Gasteiger partial charge in [-0.2, -0.15) is 16.1 Å². The van der Waals surface area contributed by atoms with Crippen LogP contribution in [0.1, 0.15) is 34.6 Å². The second kappa shape index (κ2) is 8.65. The second-order valence-electron chi connectivity index (χ2n) is 6.94. The Labute approximate surface area is 169 Å². The molecule has 2 aliphatic heterocycles. The van der Waals surface area contributed by atoms with E-state index in [1.165, 1.54) is 28.3 Å². The van der Waals surface area contributed by atoms with E-state index in [4.69, 9.17) is 4.74 Å². The summed E-state index contributed by atoms with van der Waals surface area (Å²) >= 11 is 3.00. The average molecular weight is 431 g/mol. The summed E-state index contributed by atoms with van der Waals surface area (Å²) in [6.45, 7) is 7.41. The molecule has 3 rings (SSSR count). The molecule has 0 radical (unpaired) electrons. The van der Waals surface area contributed by atoms with Crippen LogP contribution in [0.15, 0.2) is 15.9 Å². The number of sulfonamides is 1. The highest BCUT2D eigenvalue weighted by Gasteiger charge is 2.37. The van der Waals surface area contributed by atoms with Crippen molar-refractivity contribution >= 4 is 39.1 Å². The van der Waals surface area contributed by atoms with Crippen molar-refractivity contribution in [3.63, 3.8) is 0 Å². The van der Waals surface area contributed by atoms with E-state index >= 15 is 0 Å². The van der Waals surface area contributed by atoms with Crippen LogP contribution in [0.3, 0.4) is 0 Å². The molecule has 0 atom stereocenters. The fraction of sp³-hybridized carbons (Fsp3) is 0.611. The summed E-state index contributed by atoms with van der Waals surface area (Å²) in [4.78, 5) is 15.7. The lowest BCUT2D eigenvalue weighted by Crippen LogP contribution is -2.38. The Bertz CT molecular complexity index is 835. The third-order valence-electron chi connectivity index (χ3n) is 4.80. The van der Waals surface area contributed by atoms with E-state index in [0.29, 0.717) is 26.1 Å². The zero-order valence-electron chi connectivity index (χ0n) is 16.0. The zero-order chi connectivity index (χ0) is 19.6. The van der Waals surface area contributed by atoms with Gasteiger partial charge in [-0.25, -0.2) is 13.2 Å². The van der Waals surface area contributed by atoms with E-state index in [1.807, 2.05) is 0 Å². The third-order valence-corrected chi connectivity index (χ3v) is 9.35. The molecule has 1 saturated heterocycles. The van der Waals surface area contributed by atoms with Crippen LogP contribution < -0.4 is 0 Å². The van der Waals surface area contributed by atoms with Crippen molar-refractivity contribution in [2.75, 3.05) is 44.8 Å². The Morgan fingerprint density at radius 1 is 1.22 bits per heavy atom. The number of thioether (sulfide) groups is 1. The maximum atomic E-state index is 13.2. The molecule has 1 aromatic rings. The van der Waals surface area contributed by atoms with Gasteiger partial charge in [0.15, 0.2) is 0 Å². The number of nitrogens with zero attached hydrogens (tertiary/aromatic N) is 2. The molecular formula is C18H26N2O4S3. The number of allylic oxidation sites excluding steroid dienone is 1. The summed E-state index contributed by atoms with van der Waals surface area (Å²) in [5, 5.41) is 0. The lowest BCUT2D eigenvalue weighted by atomic mass is 10.0. The van der Waals surface area contributed by atoms with Gasteiger partial charge in [0.1, 0.15) is 4.21 Å². The molecular weight excluding hydrogens is 404 g/mol. The normalized spacial score (nSPS) is 18.8. The largest absolute Gasteiger partial charge is 0.465 e. The van der Waals surface area contributed by atoms with Gasteiger partial charge in [0.2, 0.25) is 0 Å². The average Bonchev–Trinajstić information content (AvgIpc) is 3.06. The van der Waals surface area contributed by atoms with E-state index in [9.17, 15) is 13.2 Å². The number of ether oxygens (including phenoxy) is 1. The van der Waals surface area contributed by atoms with Crippen molar-refractivity contribution in [1.82, 2.24) is 9.21 Å². The van der Waals surface area contributed by atoms with Crippen LogP contribution in [0, 0.1) is 0 Å². The number of methoxy groups -OCH3 is 1. The van der Waals surface area contributed by atoms with Crippen molar-refractivity contribution in [3.05, 3.63) is 27.7 Å². The summed E-state index contributed by atoms with van der Waals surface area (Å²) in [5.41, 5.74) is 2.37. The fourth-order valence-corrected chi connectivity index (χ4v) is 7.94.